The lowest BCUT2D eigenvalue weighted by Crippen LogP contribution is -2.78. The Bertz CT molecular complexity index is 346. The molecule has 0 saturated carbocycles. The minimum atomic E-state index is -0.862. The highest BCUT2D eigenvalue weighted by Gasteiger charge is 2.59. The van der Waals surface area contributed by atoms with Gasteiger partial charge in [-0.05, 0) is 53.2 Å². The van der Waals surface area contributed by atoms with E-state index in [-0.39, 0.29) is 22.8 Å². The molecular weight excluding hydrogens is 212 g/mol. The lowest BCUT2D eigenvalue weighted by molar-refractivity contribution is -0.140. The Balaban J connectivity index is 3.33. The van der Waals surface area contributed by atoms with Crippen LogP contribution in [-0.2, 0) is 4.79 Å². The molecule has 1 heterocycles. The second-order valence-electron chi connectivity index (χ2n) is 6.47. The molecule has 98 valence electrons. The summed E-state index contributed by atoms with van der Waals surface area (Å²) in [5, 5.41) is 0. The molecule has 0 amide bonds. The van der Waals surface area contributed by atoms with Crippen LogP contribution in [0.15, 0.2) is 12.7 Å². The molecule has 2 unspecified atom stereocenters. The molecule has 0 aromatic carbocycles. The number of piperidine rings is 1. The zero-order valence-electron chi connectivity index (χ0n) is 12.0. The summed E-state index contributed by atoms with van der Waals surface area (Å²) in [5.41, 5.74) is 5.28. The number of carbonyl (C=O) groups is 1. The van der Waals surface area contributed by atoms with Crippen LogP contribution in [-0.4, -0.2) is 34.3 Å². The molecule has 0 radical (unpaired) electrons. The Morgan fingerprint density at radius 1 is 1.41 bits per heavy atom. The van der Waals surface area contributed by atoms with Crippen molar-refractivity contribution in [2.45, 2.75) is 57.7 Å². The average molecular weight is 238 g/mol. The van der Waals surface area contributed by atoms with E-state index in [1.165, 1.54) is 6.08 Å². The van der Waals surface area contributed by atoms with E-state index in [0.29, 0.717) is 0 Å². The van der Waals surface area contributed by atoms with Gasteiger partial charge in [-0.3, -0.25) is 9.69 Å². The van der Waals surface area contributed by atoms with Crippen LogP contribution >= 0.6 is 0 Å². The van der Waals surface area contributed by atoms with Gasteiger partial charge in [0.1, 0.15) is 0 Å². The average Bonchev–Trinajstić information content (AvgIpc) is 2.23. The van der Waals surface area contributed by atoms with Gasteiger partial charge in [-0.15, -0.1) is 0 Å². The van der Waals surface area contributed by atoms with Gasteiger partial charge in [0.05, 0.1) is 5.54 Å². The van der Waals surface area contributed by atoms with Gasteiger partial charge in [-0.2, -0.15) is 0 Å². The fraction of sp³-hybridized carbons (Fsp3) is 0.786. The first kappa shape index (κ1) is 14.4. The molecular formula is C14H26N2O. The Hall–Kier alpha value is -0.670. The van der Waals surface area contributed by atoms with Crippen LogP contribution < -0.4 is 5.73 Å². The summed E-state index contributed by atoms with van der Waals surface area (Å²) < 4.78 is 0. The van der Waals surface area contributed by atoms with E-state index in [1.54, 1.807) is 0 Å². The fourth-order valence-electron chi connectivity index (χ4n) is 3.40. The van der Waals surface area contributed by atoms with Gasteiger partial charge in [-0.25, -0.2) is 0 Å². The van der Waals surface area contributed by atoms with E-state index in [9.17, 15) is 4.79 Å². The number of hydrogen-bond acceptors (Lipinski definition) is 3. The monoisotopic (exact) mass is 238 g/mol. The Kier molecular flexibility index (Phi) is 3.32. The number of likely N-dealkylation sites (N-methyl/N-ethyl adjacent to an activating group) is 1. The molecule has 0 aromatic heterocycles. The molecule has 1 fully saturated rings. The van der Waals surface area contributed by atoms with E-state index in [2.05, 4.69) is 32.3 Å². The molecule has 2 atom stereocenters. The molecule has 1 saturated heterocycles. The normalized spacial score (nSPS) is 36.5. The Morgan fingerprint density at radius 2 is 1.88 bits per heavy atom. The van der Waals surface area contributed by atoms with Crippen molar-refractivity contribution >= 4 is 5.78 Å². The van der Waals surface area contributed by atoms with Crippen molar-refractivity contribution in [3.8, 4) is 0 Å². The summed E-state index contributed by atoms with van der Waals surface area (Å²) in [5.74, 6) is 0.0755. The van der Waals surface area contributed by atoms with Crippen LogP contribution in [0.5, 0.6) is 0 Å². The molecule has 1 aliphatic rings. The number of ketones is 1. The second-order valence-corrected chi connectivity index (χ2v) is 6.47. The maximum atomic E-state index is 12.2. The molecule has 3 heteroatoms. The number of carbonyl (C=O) groups excluding carboxylic acids is 1. The SMILES string of the molecule is C=CC(=O)C1(N)C(C)CC(C)(C)N(C)C1(C)C. The highest BCUT2D eigenvalue weighted by molar-refractivity contribution is 5.99. The predicted octanol–water partition coefficient (Wildman–Crippen LogP) is 1.97. The van der Waals surface area contributed by atoms with Crippen LogP contribution in [0.3, 0.4) is 0 Å². The van der Waals surface area contributed by atoms with E-state index in [4.69, 9.17) is 5.73 Å². The standard InChI is InChI=1S/C14H26N2O/c1-8-11(17)14(15)10(2)9-12(3,4)16(7)13(14,5)6/h8,10H,1,9,15H2,2-7H3. The highest BCUT2D eigenvalue weighted by atomic mass is 16.1. The molecule has 0 bridgehead atoms. The Labute approximate surface area is 105 Å². The minimum absolute atomic E-state index is 0.0488. The zero-order valence-corrected chi connectivity index (χ0v) is 12.0. The van der Waals surface area contributed by atoms with Crippen LogP contribution in [0.25, 0.3) is 0 Å². The van der Waals surface area contributed by atoms with Gasteiger partial charge in [0.25, 0.3) is 0 Å². The van der Waals surface area contributed by atoms with Crippen LogP contribution in [0.2, 0.25) is 0 Å². The summed E-state index contributed by atoms with van der Waals surface area (Å²) in [7, 11) is 2.05. The van der Waals surface area contributed by atoms with E-state index < -0.39 is 5.54 Å². The van der Waals surface area contributed by atoms with Crippen molar-refractivity contribution in [2.24, 2.45) is 11.7 Å². The van der Waals surface area contributed by atoms with E-state index >= 15 is 0 Å². The lowest BCUT2D eigenvalue weighted by atomic mass is 9.60. The van der Waals surface area contributed by atoms with Crippen molar-refractivity contribution in [2.75, 3.05) is 7.05 Å². The topological polar surface area (TPSA) is 46.3 Å². The number of nitrogens with zero attached hydrogens (tertiary/aromatic N) is 1. The molecule has 1 aliphatic heterocycles. The van der Waals surface area contributed by atoms with Gasteiger partial charge >= 0.3 is 0 Å². The molecule has 0 spiro atoms. The third kappa shape index (κ3) is 1.76. The minimum Gasteiger partial charge on any atom is -0.317 e. The highest BCUT2D eigenvalue weighted by Crippen LogP contribution is 2.45. The van der Waals surface area contributed by atoms with Gasteiger partial charge < -0.3 is 5.73 Å². The summed E-state index contributed by atoms with van der Waals surface area (Å²) in [4.78, 5) is 14.4. The molecule has 0 aliphatic carbocycles. The maximum absolute atomic E-state index is 12.2. The molecule has 3 nitrogen and oxygen atoms in total. The predicted molar refractivity (Wildman–Crippen MR) is 71.8 cm³/mol. The summed E-state index contributed by atoms with van der Waals surface area (Å²) in [6, 6.07) is 0. The summed E-state index contributed by atoms with van der Waals surface area (Å²) >= 11 is 0. The third-order valence-corrected chi connectivity index (χ3v) is 4.94. The third-order valence-electron chi connectivity index (χ3n) is 4.94. The van der Waals surface area contributed by atoms with Crippen molar-refractivity contribution < 1.29 is 4.79 Å². The Morgan fingerprint density at radius 3 is 2.29 bits per heavy atom. The first-order valence-corrected chi connectivity index (χ1v) is 6.21. The van der Waals surface area contributed by atoms with Gasteiger partial charge in [-0.1, -0.05) is 13.5 Å². The largest absolute Gasteiger partial charge is 0.317 e. The van der Waals surface area contributed by atoms with Crippen LogP contribution in [0, 0.1) is 5.92 Å². The van der Waals surface area contributed by atoms with Gasteiger partial charge in [0.2, 0.25) is 0 Å². The van der Waals surface area contributed by atoms with Gasteiger partial charge in [0.15, 0.2) is 5.78 Å². The summed E-state index contributed by atoms with van der Waals surface area (Å²) in [6.07, 6.45) is 2.27. The number of rotatable bonds is 2. The number of nitrogens with two attached hydrogens (primary N) is 1. The molecule has 17 heavy (non-hydrogen) atoms. The van der Waals surface area contributed by atoms with Crippen molar-refractivity contribution in [1.82, 2.24) is 4.90 Å². The zero-order chi connectivity index (χ0) is 13.6. The lowest BCUT2D eigenvalue weighted by Gasteiger charge is -2.61. The summed E-state index contributed by atoms with van der Waals surface area (Å²) in [6.45, 7) is 14.2. The van der Waals surface area contributed by atoms with Crippen LogP contribution in [0.4, 0.5) is 0 Å². The quantitative estimate of drug-likeness (QED) is 0.748. The number of likely N-dealkylation sites (tertiary alicyclic amines) is 1. The molecule has 1 rings (SSSR count). The van der Waals surface area contributed by atoms with E-state index in [0.717, 1.165) is 6.42 Å². The smallest absolute Gasteiger partial charge is 0.177 e. The van der Waals surface area contributed by atoms with Crippen LogP contribution in [0.1, 0.15) is 41.0 Å². The van der Waals surface area contributed by atoms with E-state index in [1.807, 2.05) is 20.9 Å². The molecule has 0 aromatic rings. The number of hydrogen-bond donors (Lipinski definition) is 1. The molecule has 2 N–H and O–H groups in total. The second kappa shape index (κ2) is 3.92. The first-order chi connectivity index (χ1) is 7.51. The van der Waals surface area contributed by atoms with Crippen molar-refractivity contribution in [3.05, 3.63) is 12.7 Å². The van der Waals surface area contributed by atoms with Crippen molar-refractivity contribution in [3.63, 3.8) is 0 Å². The van der Waals surface area contributed by atoms with Crippen molar-refractivity contribution in [1.29, 1.82) is 0 Å². The first-order valence-electron chi connectivity index (χ1n) is 6.21. The fourth-order valence-corrected chi connectivity index (χ4v) is 3.40. The maximum Gasteiger partial charge on any atom is 0.177 e. The van der Waals surface area contributed by atoms with Gasteiger partial charge in [0, 0.05) is 11.1 Å².